The fourth-order valence-electron chi connectivity index (χ4n) is 3.28. The van der Waals surface area contributed by atoms with Gasteiger partial charge in [-0.15, -0.1) is 0 Å². The minimum absolute atomic E-state index is 0.483. The molecule has 3 heteroatoms. The molecule has 0 aromatic rings. The Labute approximate surface area is 112 Å². The molecule has 18 heavy (non-hydrogen) atoms. The van der Waals surface area contributed by atoms with E-state index < -0.39 is 0 Å². The van der Waals surface area contributed by atoms with Crippen LogP contribution < -0.4 is 5.32 Å². The summed E-state index contributed by atoms with van der Waals surface area (Å²) in [7, 11) is 0. The predicted octanol–water partition coefficient (Wildman–Crippen LogP) is 2.41. The van der Waals surface area contributed by atoms with Gasteiger partial charge in [0.25, 0.3) is 0 Å². The number of likely N-dealkylation sites (tertiary alicyclic amines) is 1. The normalized spacial score (nSPS) is 30.5. The van der Waals surface area contributed by atoms with Crippen molar-refractivity contribution in [3.8, 4) is 0 Å². The van der Waals surface area contributed by atoms with Gasteiger partial charge in [0.1, 0.15) is 0 Å². The number of nitrogens with zero attached hydrogens (tertiary/aromatic N) is 1. The van der Waals surface area contributed by atoms with E-state index in [1.165, 1.54) is 58.0 Å². The zero-order chi connectivity index (χ0) is 12.6. The molecule has 2 rings (SSSR count). The second-order valence-corrected chi connectivity index (χ2v) is 5.79. The molecule has 0 spiro atoms. The fourth-order valence-corrected chi connectivity index (χ4v) is 3.28. The average Bonchev–Trinajstić information content (AvgIpc) is 2.80. The monoisotopic (exact) mass is 254 g/mol. The highest BCUT2D eigenvalue weighted by molar-refractivity contribution is 4.75. The summed E-state index contributed by atoms with van der Waals surface area (Å²) in [5, 5.41) is 3.57. The van der Waals surface area contributed by atoms with Crippen LogP contribution in [0.5, 0.6) is 0 Å². The molecule has 0 aliphatic carbocycles. The van der Waals surface area contributed by atoms with E-state index in [1.54, 1.807) is 0 Å². The van der Waals surface area contributed by atoms with Crippen LogP contribution >= 0.6 is 0 Å². The summed E-state index contributed by atoms with van der Waals surface area (Å²) in [6.07, 6.45) is 9.94. The molecule has 2 unspecified atom stereocenters. The minimum atomic E-state index is 0.483. The molecule has 0 aromatic heterocycles. The van der Waals surface area contributed by atoms with E-state index in [9.17, 15) is 0 Å². The topological polar surface area (TPSA) is 24.5 Å². The molecular weight excluding hydrogens is 224 g/mol. The number of hydrogen-bond acceptors (Lipinski definition) is 3. The lowest BCUT2D eigenvalue weighted by molar-refractivity contribution is 0.108. The lowest BCUT2D eigenvalue weighted by atomic mass is 10.1. The van der Waals surface area contributed by atoms with Crippen LogP contribution in [0.15, 0.2) is 0 Å². The van der Waals surface area contributed by atoms with Gasteiger partial charge in [-0.25, -0.2) is 0 Å². The molecule has 2 aliphatic rings. The van der Waals surface area contributed by atoms with Crippen molar-refractivity contribution >= 4 is 0 Å². The Balaban J connectivity index is 1.61. The smallest absolute Gasteiger partial charge is 0.0700 e. The van der Waals surface area contributed by atoms with Crippen molar-refractivity contribution in [3.63, 3.8) is 0 Å². The minimum Gasteiger partial charge on any atom is -0.377 e. The Morgan fingerprint density at radius 1 is 1.17 bits per heavy atom. The first-order chi connectivity index (χ1) is 8.90. The zero-order valence-corrected chi connectivity index (χ0v) is 12.0. The number of hydrogen-bond donors (Lipinski definition) is 1. The number of rotatable bonds is 6. The molecule has 0 aromatic carbocycles. The van der Waals surface area contributed by atoms with Crippen molar-refractivity contribution in [2.45, 2.75) is 64.0 Å². The van der Waals surface area contributed by atoms with E-state index >= 15 is 0 Å². The Bertz CT molecular complexity index is 217. The first-order valence-electron chi connectivity index (χ1n) is 7.96. The van der Waals surface area contributed by atoms with Gasteiger partial charge in [-0.3, -0.25) is 4.90 Å². The van der Waals surface area contributed by atoms with Gasteiger partial charge in [-0.2, -0.15) is 0 Å². The Hall–Kier alpha value is -0.120. The second kappa shape index (κ2) is 8.13. The first-order valence-corrected chi connectivity index (χ1v) is 7.96. The van der Waals surface area contributed by atoms with Crippen molar-refractivity contribution < 1.29 is 4.74 Å². The summed E-state index contributed by atoms with van der Waals surface area (Å²) in [6, 6.07) is 0.831. The largest absolute Gasteiger partial charge is 0.377 e. The summed E-state index contributed by atoms with van der Waals surface area (Å²) in [5.41, 5.74) is 0. The molecule has 0 radical (unpaired) electrons. The SMILES string of the molecule is CCC1CCCCCN1CCNCC1CCCO1. The fraction of sp³-hybridized carbons (Fsp3) is 1.00. The van der Waals surface area contributed by atoms with Crippen LogP contribution in [0.1, 0.15) is 51.9 Å². The lowest BCUT2D eigenvalue weighted by Crippen LogP contribution is -2.40. The maximum absolute atomic E-state index is 5.63. The highest BCUT2D eigenvalue weighted by atomic mass is 16.5. The molecule has 1 N–H and O–H groups in total. The van der Waals surface area contributed by atoms with E-state index in [0.29, 0.717) is 6.10 Å². The van der Waals surface area contributed by atoms with Crippen molar-refractivity contribution in [1.29, 1.82) is 0 Å². The van der Waals surface area contributed by atoms with Crippen LogP contribution in [0.3, 0.4) is 0 Å². The van der Waals surface area contributed by atoms with Gasteiger partial charge in [-0.05, 0) is 38.6 Å². The number of ether oxygens (including phenoxy) is 1. The zero-order valence-electron chi connectivity index (χ0n) is 12.0. The van der Waals surface area contributed by atoms with Crippen LogP contribution in [-0.4, -0.2) is 49.8 Å². The standard InChI is InChI=1S/C15H30N2O/c1-2-14-7-4-3-5-10-17(14)11-9-16-13-15-8-6-12-18-15/h14-16H,2-13H2,1H3. The summed E-state index contributed by atoms with van der Waals surface area (Å²) < 4.78 is 5.63. The molecule has 2 saturated heterocycles. The molecule has 2 aliphatic heterocycles. The quantitative estimate of drug-likeness (QED) is 0.737. The highest BCUT2D eigenvalue weighted by Gasteiger charge is 2.19. The molecule has 2 fully saturated rings. The summed E-state index contributed by atoms with van der Waals surface area (Å²) in [6.45, 7) is 7.99. The van der Waals surface area contributed by atoms with Gasteiger partial charge in [0, 0.05) is 32.3 Å². The molecule has 0 bridgehead atoms. The predicted molar refractivity (Wildman–Crippen MR) is 76.0 cm³/mol. The summed E-state index contributed by atoms with van der Waals surface area (Å²) >= 11 is 0. The summed E-state index contributed by atoms with van der Waals surface area (Å²) in [5.74, 6) is 0. The van der Waals surface area contributed by atoms with E-state index in [2.05, 4.69) is 17.1 Å². The third-order valence-corrected chi connectivity index (χ3v) is 4.44. The van der Waals surface area contributed by atoms with Gasteiger partial charge in [-0.1, -0.05) is 19.8 Å². The second-order valence-electron chi connectivity index (χ2n) is 5.79. The van der Waals surface area contributed by atoms with Crippen LogP contribution in [0.4, 0.5) is 0 Å². The van der Waals surface area contributed by atoms with Crippen LogP contribution in [0.25, 0.3) is 0 Å². The first kappa shape index (κ1) is 14.3. The number of nitrogens with one attached hydrogen (secondary N) is 1. The molecule has 2 atom stereocenters. The lowest BCUT2D eigenvalue weighted by Gasteiger charge is -2.29. The molecule has 0 amide bonds. The Morgan fingerprint density at radius 3 is 2.89 bits per heavy atom. The maximum atomic E-state index is 5.63. The van der Waals surface area contributed by atoms with E-state index in [4.69, 9.17) is 4.74 Å². The van der Waals surface area contributed by atoms with Gasteiger partial charge in [0.2, 0.25) is 0 Å². The van der Waals surface area contributed by atoms with Crippen LogP contribution in [-0.2, 0) is 4.74 Å². The Kier molecular flexibility index (Phi) is 6.46. The third-order valence-electron chi connectivity index (χ3n) is 4.44. The van der Waals surface area contributed by atoms with Crippen molar-refractivity contribution in [2.24, 2.45) is 0 Å². The van der Waals surface area contributed by atoms with Crippen LogP contribution in [0, 0.1) is 0 Å². The third kappa shape index (κ3) is 4.52. The van der Waals surface area contributed by atoms with E-state index in [-0.39, 0.29) is 0 Å². The van der Waals surface area contributed by atoms with E-state index in [1.807, 2.05) is 0 Å². The van der Waals surface area contributed by atoms with Crippen molar-refractivity contribution in [3.05, 3.63) is 0 Å². The molecular formula is C15H30N2O. The summed E-state index contributed by atoms with van der Waals surface area (Å²) in [4.78, 5) is 2.70. The van der Waals surface area contributed by atoms with Gasteiger partial charge < -0.3 is 10.1 Å². The van der Waals surface area contributed by atoms with Crippen molar-refractivity contribution in [2.75, 3.05) is 32.8 Å². The van der Waals surface area contributed by atoms with Crippen LogP contribution in [0.2, 0.25) is 0 Å². The molecule has 106 valence electrons. The highest BCUT2D eigenvalue weighted by Crippen LogP contribution is 2.18. The molecule has 3 nitrogen and oxygen atoms in total. The molecule has 2 heterocycles. The van der Waals surface area contributed by atoms with Gasteiger partial charge >= 0.3 is 0 Å². The average molecular weight is 254 g/mol. The maximum Gasteiger partial charge on any atom is 0.0700 e. The van der Waals surface area contributed by atoms with Gasteiger partial charge in [0.15, 0.2) is 0 Å². The molecule has 0 saturated carbocycles. The Morgan fingerprint density at radius 2 is 2.11 bits per heavy atom. The van der Waals surface area contributed by atoms with E-state index in [0.717, 1.165) is 25.7 Å². The van der Waals surface area contributed by atoms with Crippen molar-refractivity contribution in [1.82, 2.24) is 10.2 Å². The van der Waals surface area contributed by atoms with Gasteiger partial charge in [0.05, 0.1) is 6.10 Å².